The summed E-state index contributed by atoms with van der Waals surface area (Å²) >= 11 is 0. The quantitative estimate of drug-likeness (QED) is 0.669. The van der Waals surface area contributed by atoms with Gasteiger partial charge in [0.05, 0.1) is 0 Å². The van der Waals surface area contributed by atoms with Crippen LogP contribution in [0.1, 0.15) is 18.9 Å². The maximum absolute atomic E-state index is 12.9. The number of rotatable bonds is 1. The van der Waals surface area contributed by atoms with E-state index >= 15 is 0 Å². The SMILES string of the molecule is CCC(=O)N1CCc2cc(F)ccc21. The number of amides is 1. The Hall–Kier alpha value is -1.38. The average Bonchev–Trinajstić information content (AvgIpc) is 2.59. The second kappa shape index (κ2) is 3.40. The normalized spacial score (nSPS) is 14.3. The van der Waals surface area contributed by atoms with Gasteiger partial charge in [-0.25, -0.2) is 4.39 Å². The van der Waals surface area contributed by atoms with Gasteiger partial charge in [-0.15, -0.1) is 0 Å². The molecular formula is C11H12FNO. The molecular weight excluding hydrogens is 181 g/mol. The number of anilines is 1. The Morgan fingerprint density at radius 2 is 2.36 bits per heavy atom. The van der Waals surface area contributed by atoms with Gasteiger partial charge in [0, 0.05) is 18.7 Å². The van der Waals surface area contributed by atoms with E-state index in [1.165, 1.54) is 12.1 Å². The number of hydrogen-bond donors (Lipinski definition) is 0. The summed E-state index contributed by atoms with van der Waals surface area (Å²) in [5.41, 5.74) is 1.81. The number of benzene rings is 1. The van der Waals surface area contributed by atoms with Crippen LogP contribution in [0.5, 0.6) is 0 Å². The van der Waals surface area contributed by atoms with E-state index in [9.17, 15) is 9.18 Å². The molecule has 0 unspecified atom stereocenters. The fourth-order valence-corrected chi connectivity index (χ4v) is 1.82. The van der Waals surface area contributed by atoms with Crippen molar-refractivity contribution in [2.45, 2.75) is 19.8 Å². The molecule has 1 aromatic rings. The van der Waals surface area contributed by atoms with Gasteiger partial charge in [0.1, 0.15) is 5.82 Å². The smallest absolute Gasteiger partial charge is 0.226 e. The van der Waals surface area contributed by atoms with Crippen molar-refractivity contribution in [3.8, 4) is 0 Å². The van der Waals surface area contributed by atoms with Crippen LogP contribution in [0, 0.1) is 5.82 Å². The van der Waals surface area contributed by atoms with Crippen molar-refractivity contribution < 1.29 is 9.18 Å². The summed E-state index contributed by atoms with van der Waals surface area (Å²) in [6.45, 7) is 2.52. The van der Waals surface area contributed by atoms with E-state index in [4.69, 9.17) is 0 Å². The molecule has 1 aromatic carbocycles. The van der Waals surface area contributed by atoms with Crippen molar-refractivity contribution in [2.24, 2.45) is 0 Å². The first-order chi connectivity index (χ1) is 6.72. The molecule has 74 valence electrons. The number of nitrogens with zero attached hydrogens (tertiary/aromatic N) is 1. The van der Waals surface area contributed by atoms with Crippen molar-refractivity contribution in [1.82, 2.24) is 0 Å². The van der Waals surface area contributed by atoms with Gasteiger partial charge < -0.3 is 4.90 Å². The Labute approximate surface area is 82.3 Å². The third-order valence-corrected chi connectivity index (χ3v) is 2.54. The molecule has 0 spiro atoms. The van der Waals surface area contributed by atoms with Crippen molar-refractivity contribution >= 4 is 11.6 Å². The highest BCUT2D eigenvalue weighted by molar-refractivity contribution is 5.95. The lowest BCUT2D eigenvalue weighted by Crippen LogP contribution is -2.27. The fourth-order valence-electron chi connectivity index (χ4n) is 1.82. The van der Waals surface area contributed by atoms with Crippen LogP contribution in [0.3, 0.4) is 0 Å². The molecule has 1 aliphatic heterocycles. The molecule has 0 fully saturated rings. The molecule has 0 bridgehead atoms. The second-order valence-electron chi connectivity index (χ2n) is 3.42. The third-order valence-electron chi connectivity index (χ3n) is 2.54. The summed E-state index contributed by atoms with van der Waals surface area (Å²) in [5, 5.41) is 0. The highest BCUT2D eigenvalue weighted by Gasteiger charge is 2.23. The molecule has 0 saturated carbocycles. The van der Waals surface area contributed by atoms with E-state index in [-0.39, 0.29) is 11.7 Å². The van der Waals surface area contributed by atoms with E-state index in [2.05, 4.69) is 0 Å². The van der Waals surface area contributed by atoms with Gasteiger partial charge in [0.25, 0.3) is 0 Å². The monoisotopic (exact) mass is 193 g/mol. The van der Waals surface area contributed by atoms with E-state index < -0.39 is 0 Å². The number of hydrogen-bond acceptors (Lipinski definition) is 1. The lowest BCUT2D eigenvalue weighted by Gasteiger charge is -2.15. The molecule has 1 aliphatic rings. The van der Waals surface area contributed by atoms with Crippen LogP contribution in [0.25, 0.3) is 0 Å². The maximum Gasteiger partial charge on any atom is 0.226 e. The highest BCUT2D eigenvalue weighted by atomic mass is 19.1. The summed E-state index contributed by atoms with van der Waals surface area (Å²) in [5.74, 6) is -0.120. The van der Waals surface area contributed by atoms with Gasteiger partial charge in [-0.05, 0) is 30.2 Å². The number of carbonyl (C=O) groups excluding carboxylic acids is 1. The average molecular weight is 193 g/mol. The van der Waals surface area contributed by atoms with Crippen LogP contribution in [-0.2, 0) is 11.2 Å². The Balaban J connectivity index is 2.35. The van der Waals surface area contributed by atoms with Gasteiger partial charge in [-0.1, -0.05) is 6.92 Å². The second-order valence-corrected chi connectivity index (χ2v) is 3.42. The minimum Gasteiger partial charge on any atom is -0.312 e. The Morgan fingerprint density at radius 1 is 1.57 bits per heavy atom. The fraction of sp³-hybridized carbons (Fsp3) is 0.364. The minimum absolute atomic E-state index is 0.107. The Bertz CT molecular complexity index is 376. The molecule has 0 radical (unpaired) electrons. The molecule has 1 heterocycles. The summed E-state index contributed by atoms with van der Waals surface area (Å²) in [7, 11) is 0. The van der Waals surface area contributed by atoms with Crippen LogP contribution < -0.4 is 4.90 Å². The van der Waals surface area contributed by atoms with Gasteiger partial charge in [0.15, 0.2) is 0 Å². The van der Waals surface area contributed by atoms with Gasteiger partial charge in [-0.3, -0.25) is 4.79 Å². The molecule has 3 heteroatoms. The van der Waals surface area contributed by atoms with Crippen molar-refractivity contribution in [3.63, 3.8) is 0 Å². The summed E-state index contributed by atoms with van der Waals surface area (Å²) in [6.07, 6.45) is 1.26. The van der Waals surface area contributed by atoms with Crippen LogP contribution in [0.15, 0.2) is 18.2 Å². The van der Waals surface area contributed by atoms with Crippen LogP contribution >= 0.6 is 0 Å². The Kier molecular flexibility index (Phi) is 2.23. The highest BCUT2D eigenvalue weighted by Crippen LogP contribution is 2.28. The van der Waals surface area contributed by atoms with Crippen molar-refractivity contribution in [3.05, 3.63) is 29.6 Å². The zero-order chi connectivity index (χ0) is 10.1. The first-order valence-corrected chi connectivity index (χ1v) is 4.81. The molecule has 0 aliphatic carbocycles. The van der Waals surface area contributed by atoms with Crippen LogP contribution in [-0.4, -0.2) is 12.5 Å². The van der Waals surface area contributed by atoms with E-state index in [0.717, 1.165) is 17.7 Å². The number of halogens is 1. The molecule has 2 nitrogen and oxygen atoms in total. The van der Waals surface area contributed by atoms with E-state index in [1.54, 1.807) is 11.0 Å². The third kappa shape index (κ3) is 1.39. The van der Waals surface area contributed by atoms with Crippen molar-refractivity contribution in [2.75, 3.05) is 11.4 Å². The van der Waals surface area contributed by atoms with E-state index in [1.807, 2.05) is 6.92 Å². The van der Waals surface area contributed by atoms with Gasteiger partial charge in [0.2, 0.25) is 5.91 Å². The maximum atomic E-state index is 12.9. The van der Waals surface area contributed by atoms with Gasteiger partial charge in [-0.2, -0.15) is 0 Å². The van der Waals surface area contributed by atoms with Crippen LogP contribution in [0.2, 0.25) is 0 Å². The molecule has 2 rings (SSSR count). The number of carbonyl (C=O) groups is 1. The summed E-state index contributed by atoms with van der Waals surface area (Å²) < 4.78 is 12.9. The molecule has 0 N–H and O–H groups in total. The zero-order valence-corrected chi connectivity index (χ0v) is 8.09. The molecule has 0 saturated heterocycles. The van der Waals surface area contributed by atoms with Crippen molar-refractivity contribution in [1.29, 1.82) is 0 Å². The molecule has 1 amide bonds. The molecule has 14 heavy (non-hydrogen) atoms. The zero-order valence-electron chi connectivity index (χ0n) is 8.09. The first-order valence-electron chi connectivity index (χ1n) is 4.81. The lowest BCUT2D eigenvalue weighted by atomic mass is 10.1. The van der Waals surface area contributed by atoms with Gasteiger partial charge >= 0.3 is 0 Å². The largest absolute Gasteiger partial charge is 0.312 e. The summed E-state index contributed by atoms with van der Waals surface area (Å²) in [4.78, 5) is 13.2. The molecule has 0 aromatic heterocycles. The van der Waals surface area contributed by atoms with Crippen LogP contribution in [0.4, 0.5) is 10.1 Å². The predicted molar refractivity (Wildman–Crippen MR) is 52.7 cm³/mol. The first kappa shape index (κ1) is 9.19. The summed E-state index contributed by atoms with van der Waals surface area (Å²) in [6, 6.07) is 4.60. The minimum atomic E-state index is -0.227. The topological polar surface area (TPSA) is 20.3 Å². The predicted octanol–water partition coefficient (Wildman–Crippen LogP) is 2.12. The molecule has 0 atom stereocenters. The number of fused-ring (bicyclic) bond motifs is 1. The van der Waals surface area contributed by atoms with E-state index in [0.29, 0.717) is 13.0 Å². The Morgan fingerprint density at radius 3 is 3.07 bits per heavy atom. The lowest BCUT2D eigenvalue weighted by molar-refractivity contribution is -0.118. The standard InChI is InChI=1S/C11H12FNO/c1-2-11(14)13-6-5-8-7-9(12)3-4-10(8)13/h3-4,7H,2,5-6H2,1H3.